The molecule has 4 aromatic rings. The number of carbonyl (C=O) groups is 1. The molecular weight excluding hydrogens is 338 g/mol. The predicted molar refractivity (Wildman–Crippen MR) is 102 cm³/mol. The topological polar surface area (TPSA) is 72.7 Å². The highest BCUT2D eigenvalue weighted by Gasteiger charge is 2.18. The smallest absolute Gasteiger partial charge is 0.291 e. The van der Waals surface area contributed by atoms with E-state index in [0.717, 1.165) is 16.9 Å². The summed E-state index contributed by atoms with van der Waals surface area (Å²) >= 11 is 0. The number of hydrogen-bond acceptors (Lipinski definition) is 4. The van der Waals surface area contributed by atoms with E-state index in [4.69, 9.17) is 0 Å². The average molecular weight is 355 g/mol. The van der Waals surface area contributed by atoms with Crippen LogP contribution in [-0.4, -0.2) is 25.7 Å². The third-order valence-electron chi connectivity index (χ3n) is 4.00. The summed E-state index contributed by atoms with van der Waals surface area (Å²) in [5.41, 5.74) is 2.50. The Balaban J connectivity index is 1.66. The minimum absolute atomic E-state index is 0.119. The molecule has 0 radical (unpaired) electrons. The van der Waals surface area contributed by atoms with Crippen LogP contribution in [-0.2, 0) is 6.54 Å². The summed E-state index contributed by atoms with van der Waals surface area (Å²) in [7, 11) is 0. The van der Waals surface area contributed by atoms with Crippen LogP contribution in [0.3, 0.4) is 0 Å². The van der Waals surface area contributed by atoms with E-state index in [1.54, 1.807) is 10.9 Å². The van der Waals surface area contributed by atoms with Gasteiger partial charge in [-0.2, -0.15) is 0 Å². The van der Waals surface area contributed by atoms with Gasteiger partial charge in [-0.1, -0.05) is 54.6 Å². The maximum atomic E-state index is 12.6. The summed E-state index contributed by atoms with van der Waals surface area (Å²) in [4.78, 5) is 21.3. The minimum Gasteiger partial charge on any atom is -0.344 e. The molecule has 4 rings (SSSR count). The average Bonchev–Trinajstić information content (AvgIpc) is 3.20. The van der Waals surface area contributed by atoms with E-state index in [-0.39, 0.29) is 11.7 Å². The third kappa shape index (κ3) is 3.74. The SMILES string of the molecule is O=C(NCc1ccccn1)c1nc(-c2ccccc2)n(-c2ccccc2)n1. The van der Waals surface area contributed by atoms with Crippen molar-refractivity contribution in [3.05, 3.63) is 96.6 Å². The lowest BCUT2D eigenvalue weighted by atomic mass is 10.2. The monoisotopic (exact) mass is 355 g/mol. The maximum Gasteiger partial charge on any atom is 0.291 e. The zero-order valence-corrected chi connectivity index (χ0v) is 14.5. The van der Waals surface area contributed by atoms with Crippen LogP contribution in [0.25, 0.3) is 17.1 Å². The molecule has 2 aromatic carbocycles. The van der Waals surface area contributed by atoms with Gasteiger partial charge in [0.15, 0.2) is 5.82 Å². The molecule has 0 atom stereocenters. The van der Waals surface area contributed by atoms with Gasteiger partial charge < -0.3 is 5.32 Å². The van der Waals surface area contributed by atoms with Crippen LogP contribution in [0.2, 0.25) is 0 Å². The number of carbonyl (C=O) groups excluding carboxylic acids is 1. The third-order valence-corrected chi connectivity index (χ3v) is 4.00. The zero-order chi connectivity index (χ0) is 18.5. The lowest BCUT2D eigenvalue weighted by Crippen LogP contribution is -2.24. The fraction of sp³-hybridized carbons (Fsp3) is 0.0476. The van der Waals surface area contributed by atoms with Gasteiger partial charge in [0, 0.05) is 11.8 Å². The van der Waals surface area contributed by atoms with E-state index in [1.165, 1.54) is 0 Å². The number of amides is 1. The maximum absolute atomic E-state index is 12.6. The van der Waals surface area contributed by atoms with Crippen LogP contribution < -0.4 is 5.32 Å². The molecule has 0 unspecified atom stereocenters. The van der Waals surface area contributed by atoms with E-state index in [9.17, 15) is 4.79 Å². The van der Waals surface area contributed by atoms with Crippen molar-refractivity contribution in [1.82, 2.24) is 25.1 Å². The summed E-state index contributed by atoms with van der Waals surface area (Å²) in [6, 6.07) is 24.9. The van der Waals surface area contributed by atoms with E-state index in [2.05, 4.69) is 20.4 Å². The number of pyridine rings is 1. The van der Waals surface area contributed by atoms with Crippen LogP contribution in [0, 0.1) is 0 Å². The van der Waals surface area contributed by atoms with Crippen LogP contribution in [0.4, 0.5) is 0 Å². The molecule has 0 saturated carbocycles. The second-order valence-corrected chi connectivity index (χ2v) is 5.88. The Kier molecular flexibility index (Phi) is 4.70. The highest BCUT2D eigenvalue weighted by atomic mass is 16.2. The molecule has 0 aliphatic heterocycles. The van der Waals surface area contributed by atoms with E-state index in [1.807, 2.05) is 78.9 Å². The number of para-hydroxylation sites is 1. The first-order chi connectivity index (χ1) is 13.3. The second kappa shape index (κ2) is 7.61. The standard InChI is InChI=1S/C21H17N5O/c27-21(23-15-17-11-7-8-14-22-17)19-24-20(16-9-3-1-4-10-16)26(25-19)18-12-5-2-6-13-18/h1-14H,15H2,(H,23,27). The summed E-state index contributed by atoms with van der Waals surface area (Å²) in [5, 5.41) is 7.26. The summed E-state index contributed by atoms with van der Waals surface area (Å²) in [6.07, 6.45) is 1.69. The Labute approximate surface area is 156 Å². The number of nitrogens with zero attached hydrogens (tertiary/aromatic N) is 4. The molecule has 0 fully saturated rings. The number of aromatic nitrogens is 4. The van der Waals surface area contributed by atoms with Gasteiger partial charge in [-0.3, -0.25) is 9.78 Å². The molecule has 2 heterocycles. The highest BCUT2D eigenvalue weighted by Crippen LogP contribution is 2.20. The molecule has 0 bridgehead atoms. The summed E-state index contributed by atoms with van der Waals surface area (Å²) in [5.74, 6) is 0.394. The number of benzene rings is 2. The second-order valence-electron chi connectivity index (χ2n) is 5.88. The van der Waals surface area contributed by atoms with Gasteiger partial charge in [0.1, 0.15) is 0 Å². The van der Waals surface area contributed by atoms with Crippen molar-refractivity contribution >= 4 is 5.91 Å². The van der Waals surface area contributed by atoms with Crippen molar-refractivity contribution < 1.29 is 4.79 Å². The molecule has 0 saturated heterocycles. The van der Waals surface area contributed by atoms with Gasteiger partial charge in [0.25, 0.3) is 5.91 Å². The first-order valence-electron chi connectivity index (χ1n) is 8.57. The molecule has 0 aliphatic rings. The van der Waals surface area contributed by atoms with E-state index < -0.39 is 0 Å². The van der Waals surface area contributed by atoms with Crippen molar-refractivity contribution in [3.63, 3.8) is 0 Å². The molecule has 6 nitrogen and oxygen atoms in total. The lowest BCUT2D eigenvalue weighted by Gasteiger charge is -2.05. The van der Waals surface area contributed by atoms with Crippen LogP contribution >= 0.6 is 0 Å². The fourth-order valence-electron chi connectivity index (χ4n) is 2.68. The molecule has 1 amide bonds. The minimum atomic E-state index is -0.340. The molecule has 27 heavy (non-hydrogen) atoms. The Hall–Kier alpha value is -3.80. The van der Waals surface area contributed by atoms with Crippen LogP contribution in [0.1, 0.15) is 16.3 Å². The van der Waals surface area contributed by atoms with Gasteiger partial charge in [-0.15, -0.1) is 5.10 Å². The first-order valence-corrected chi connectivity index (χ1v) is 8.57. The van der Waals surface area contributed by atoms with E-state index >= 15 is 0 Å². The summed E-state index contributed by atoms with van der Waals surface area (Å²) in [6.45, 7) is 0.320. The largest absolute Gasteiger partial charge is 0.344 e. The van der Waals surface area contributed by atoms with Gasteiger partial charge in [-0.25, -0.2) is 9.67 Å². The molecular formula is C21H17N5O. The predicted octanol–water partition coefficient (Wildman–Crippen LogP) is 3.26. The number of nitrogens with one attached hydrogen (secondary N) is 1. The lowest BCUT2D eigenvalue weighted by molar-refractivity contribution is 0.0940. The highest BCUT2D eigenvalue weighted by molar-refractivity contribution is 5.90. The molecule has 0 aliphatic carbocycles. The van der Waals surface area contributed by atoms with Gasteiger partial charge in [0.05, 0.1) is 17.9 Å². The molecule has 2 aromatic heterocycles. The quantitative estimate of drug-likeness (QED) is 0.596. The molecule has 132 valence electrons. The molecule has 6 heteroatoms. The summed E-state index contributed by atoms with van der Waals surface area (Å²) < 4.78 is 1.69. The molecule has 1 N–H and O–H groups in total. The van der Waals surface area contributed by atoms with Crippen molar-refractivity contribution in [2.75, 3.05) is 0 Å². The van der Waals surface area contributed by atoms with Crippen molar-refractivity contribution in [2.24, 2.45) is 0 Å². The van der Waals surface area contributed by atoms with Gasteiger partial charge in [0.2, 0.25) is 5.82 Å². The Morgan fingerprint density at radius 3 is 2.30 bits per heavy atom. The number of rotatable bonds is 5. The van der Waals surface area contributed by atoms with Gasteiger partial charge in [-0.05, 0) is 24.3 Å². The molecule has 0 spiro atoms. The van der Waals surface area contributed by atoms with Gasteiger partial charge >= 0.3 is 0 Å². The normalized spacial score (nSPS) is 10.5. The van der Waals surface area contributed by atoms with Crippen LogP contribution in [0.15, 0.2) is 85.1 Å². The number of hydrogen-bond donors (Lipinski definition) is 1. The van der Waals surface area contributed by atoms with E-state index in [0.29, 0.717) is 12.4 Å². The Morgan fingerprint density at radius 2 is 1.59 bits per heavy atom. The van der Waals surface area contributed by atoms with Crippen LogP contribution in [0.5, 0.6) is 0 Å². The fourth-order valence-corrected chi connectivity index (χ4v) is 2.68. The zero-order valence-electron chi connectivity index (χ0n) is 14.5. The Morgan fingerprint density at radius 1 is 0.889 bits per heavy atom. The Bertz CT molecular complexity index is 973. The van der Waals surface area contributed by atoms with Crippen molar-refractivity contribution in [1.29, 1.82) is 0 Å². The van der Waals surface area contributed by atoms with Crippen molar-refractivity contribution in [2.45, 2.75) is 6.54 Å². The first kappa shape index (κ1) is 16.7. The van der Waals surface area contributed by atoms with Crippen molar-refractivity contribution in [3.8, 4) is 17.1 Å².